The zero-order valence-electron chi connectivity index (χ0n) is 14.7. The summed E-state index contributed by atoms with van der Waals surface area (Å²) in [6, 6.07) is 15.3. The van der Waals surface area contributed by atoms with Crippen molar-refractivity contribution in [2.24, 2.45) is 5.92 Å². The molecule has 0 aliphatic carbocycles. The summed E-state index contributed by atoms with van der Waals surface area (Å²) in [6.07, 6.45) is 4.26. The van der Waals surface area contributed by atoms with E-state index < -0.39 is 0 Å². The molecule has 2 aromatic carbocycles. The third-order valence-corrected chi connectivity index (χ3v) is 5.23. The maximum absolute atomic E-state index is 6.22. The Hall–Kier alpha value is -2.26. The van der Waals surface area contributed by atoms with Crippen LogP contribution in [0.15, 0.2) is 55.1 Å². The molecular formula is C22H25NO2. The third-order valence-electron chi connectivity index (χ3n) is 5.23. The van der Waals surface area contributed by atoms with Gasteiger partial charge in [0.15, 0.2) is 0 Å². The predicted molar refractivity (Wildman–Crippen MR) is 101 cm³/mol. The van der Waals surface area contributed by atoms with Crippen molar-refractivity contribution in [3.8, 4) is 5.75 Å². The highest BCUT2D eigenvalue weighted by Crippen LogP contribution is 2.49. The number of rotatable bonds is 4. The van der Waals surface area contributed by atoms with E-state index in [-0.39, 0.29) is 12.1 Å². The summed E-state index contributed by atoms with van der Waals surface area (Å²) in [7, 11) is 0. The molecule has 1 saturated heterocycles. The minimum atomic E-state index is 0.187. The molecule has 1 N–H and O–H groups in total. The van der Waals surface area contributed by atoms with Gasteiger partial charge < -0.3 is 14.8 Å². The van der Waals surface area contributed by atoms with E-state index in [0.717, 1.165) is 18.8 Å². The predicted octanol–water partition coefficient (Wildman–Crippen LogP) is 5.19. The first kappa shape index (κ1) is 16.2. The van der Waals surface area contributed by atoms with Crippen molar-refractivity contribution < 1.29 is 9.47 Å². The summed E-state index contributed by atoms with van der Waals surface area (Å²) in [6.45, 7) is 7.23. The number of hydrogen-bond acceptors (Lipinski definition) is 3. The molecule has 0 spiro atoms. The number of anilines is 1. The van der Waals surface area contributed by atoms with Crippen LogP contribution in [0.4, 0.5) is 5.69 Å². The summed E-state index contributed by atoms with van der Waals surface area (Å²) >= 11 is 0. The second-order valence-electron chi connectivity index (χ2n) is 6.98. The summed E-state index contributed by atoms with van der Waals surface area (Å²) in [5.74, 6) is 1.34. The quantitative estimate of drug-likeness (QED) is 0.780. The van der Waals surface area contributed by atoms with Gasteiger partial charge in [0.1, 0.15) is 12.4 Å². The fourth-order valence-corrected chi connectivity index (χ4v) is 4.05. The molecule has 1 fully saturated rings. The summed E-state index contributed by atoms with van der Waals surface area (Å²) < 4.78 is 11.8. The van der Waals surface area contributed by atoms with E-state index in [1.807, 2.05) is 12.1 Å². The Morgan fingerprint density at radius 3 is 2.88 bits per heavy atom. The number of ether oxygens (including phenoxy) is 2. The lowest BCUT2D eigenvalue weighted by atomic mass is 9.77. The molecule has 0 saturated carbocycles. The zero-order valence-corrected chi connectivity index (χ0v) is 14.7. The monoisotopic (exact) mass is 335 g/mol. The molecule has 0 bridgehead atoms. The van der Waals surface area contributed by atoms with Gasteiger partial charge >= 0.3 is 0 Å². The lowest BCUT2D eigenvalue weighted by molar-refractivity contribution is -0.0381. The van der Waals surface area contributed by atoms with Crippen LogP contribution in [0, 0.1) is 12.8 Å². The smallest absolute Gasteiger partial charge is 0.119 e. The first-order valence-electron chi connectivity index (χ1n) is 9.08. The van der Waals surface area contributed by atoms with Gasteiger partial charge in [-0.25, -0.2) is 0 Å². The van der Waals surface area contributed by atoms with Gasteiger partial charge in [0, 0.05) is 23.8 Å². The minimum Gasteiger partial charge on any atom is -0.490 e. The van der Waals surface area contributed by atoms with Crippen molar-refractivity contribution in [2.75, 3.05) is 18.5 Å². The molecule has 3 atom stereocenters. The van der Waals surface area contributed by atoms with E-state index >= 15 is 0 Å². The average molecular weight is 335 g/mol. The fraction of sp³-hybridized carbons (Fsp3) is 0.364. The van der Waals surface area contributed by atoms with E-state index in [1.165, 1.54) is 28.8 Å². The van der Waals surface area contributed by atoms with Crippen LogP contribution < -0.4 is 10.1 Å². The van der Waals surface area contributed by atoms with Crippen molar-refractivity contribution in [3.63, 3.8) is 0 Å². The number of aryl methyl sites for hydroxylation is 1. The Kier molecular flexibility index (Phi) is 4.50. The molecule has 0 aromatic heterocycles. The molecule has 3 nitrogen and oxygen atoms in total. The molecule has 0 radical (unpaired) electrons. The Labute approximate surface area is 149 Å². The summed E-state index contributed by atoms with van der Waals surface area (Å²) in [5, 5.41) is 3.77. The highest BCUT2D eigenvalue weighted by atomic mass is 16.5. The molecule has 0 amide bonds. The second-order valence-corrected chi connectivity index (χ2v) is 6.98. The van der Waals surface area contributed by atoms with Gasteiger partial charge in [-0.2, -0.15) is 0 Å². The fourth-order valence-electron chi connectivity index (χ4n) is 4.05. The topological polar surface area (TPSA) is 30.5 Å². The Bertz CT molecular complexity index is 753. The van der Waals surface area contributed by atoms with Crippen LogP contribution in [0.3, 0.4) is 0 Å². The van der Waals surface area contributed by atoms with Crippen LogP contribution in [0.2, 0.25) is 0 Å². The van der Waals surface area contributed by atoms with Gasteiger partial charge in [-0.05, 0) is 43.5 Å². The van der Waals surface area contributed by atoms with E-state index in [0.29, 0.717) is 12.5 Å². The van der Waals surface area contributed by atoms with Crippen molar-refractivity contribution in [1.82, 2.24) is 0 Å². The molecule has 3 heteroatoms. The molecule has 2 heterocycles. The lowest BCUT2D eigenvalue weighted by Crippen LogP contribution is -2.36. The van der Waals surface area contributed by atoms with Crippen LogP contribution in [-0.2, 0) is 4.74 Å². The maximum Gasteiger partial charge on any atom is 0.119 e. The summed E-state index contributed by atoms with van der Waals surface area (Å²) in [5.41, 5.74) is 5.09. The first-order valence-corrected chi connectivity index (χ1v) is 9.08. The molecule has 2 aliphatic rings. The number of nitrogens with one attached hydrogen (secondary N) is 1. The van der Waals surface area contributed by atoms with Crippen molar-refractivity contribution in [3.05, 3.63) is 71.8 Å². The molecule has 25 heavy (non-hydrogen) atoms. The average Bonchev–Trinajstić information content (AvgIpc) is 2.66. The van der Waals surface area contributed by atoms with Crippen LogP contribution in [-0.4, -0.2) is 13.2 Å². The van der Waals surface area contributed by atoms with Gasteiger partial charge in [-0.1, -0.05) is 42.5 Å². The zero-order chi connectivity index (χ0) is 17.2. The van der Waals surface area contributed by atoms with Gasteiger partial charge in [0.05, 0.1) is 12.1 Å². The van der Waals surface area contributed by atoms with E-state index in [4.69, 9.17) is 9.47 Å². The Morgan fingerprint density at radius 2 is 2.08 bits per heavy atom. The first-order chi connectivity index (χ1) is 12.3. The van der Waals surface area contributed by atoms with Crippen LogP contribution in [0.25, 0.3) is 0 Å². The van der Waals surface area contributed by atoms with Crippen molar-refractivity contribution >= 4 is 5.69 Å². The highest BCUT2D eigenvalue weighted by Gasteiger charge is 2.39. The third kappa shape index (κ3) is 3.16. The van der Waals surface area contributed by atoms with E-state index in [1.54, 1.807) is 6.08 Å². The molecule has 0 unspecified atom stereocenters. The summed E-state index contributed by atoms with van der Waals surface area (Å²) in [4.78, 5) is 0. The molecule has 2 aromatic rings. The molecule has 130 valence electrons. The van der Waals surface area contributed by atoms with Gasteiger partial charge in [0.25, 0.3) is 0 Å². The minimum absolute atomic E-state index is 0.187. The highest BCUT2D eigenvalue weighted by molar-refractivity contribution is 5.58. The largest absolute Gasteiger partial charge is 0.490 e. The number of hydrogen-bond donors (Lipinski definition) is 1. The van der Waals surface area contributed by atoms with Crippen LogP contribution >= 0.6 is 0 Å². The lowest BCUT2D eigenvalue weighted by Gasteiger charge is -2.43. The number of fused-ring (bicyclic) bond motifs is 3. The second kappa shape index (κ2) is 6.93. The standard InChI is InChI=1S/C22H25NO2/c1-3-12-24-17-9-7-16(8-10-17)21-18-5-4-13-25-22(18)19-14-15(2)6-11-20(19)23-21/h3,6-11,14,18,21-23H,1,4-5,12-13H2,2H3/t18-,21-,22-/m0/s1. The maximum atomic E-state index is 6.22. The van der Waals surface area contributed by atoms with Crippen LogP contribution in [0.1, 0.15) is 41.7 Å². The SMILES string of the molecule is C=CCOc1ccc([C@@H]2Nc3ccc(C)cc3[C@H]3OCCC[C@H]32)cc1. The molecular weight excluding hydrogens is 310 g/mol. The Morgan fingerprint density at radius 1 is 1.24 bits per heavy atom. The van der Waals surface area contributed by atoms with Gasteiger partial charge in [-0.15, -0.1) is 0 Å². The van der Waals surface area contributed by atoms with Gasteiger partial charge in [-0.3, -0.25) is 0 Å². The van der Waals surface area contributed by atoms with Crippen molar-refractivity contribution in [2.45, 2.75) is 31.9 Å². The molecule has 4 rings (SSSR count). The van der Waals surface area contributed by atoms with Crippen LogP contribution in [0.5, 0.6) is 5.75 Å². The molecule has 2 aliphatic heterocycles. The van der Waals surface area contributed by atoms with E-state index in [9.17, 15) is 0 Å². The van der Waals surface area contributed by atoms with E-state index in [2.05, 4.69) is 49.2 Å². The normalized spacial score (nSPS) is 24.6. The van der Waals surface area contributed by atoms with Crippen molar-refractivity contribution in [1.29, 1.82) is 0 Å². The number of benzene rings is 2. The Balaban J connectivity index is 1.65. The van der Waals surface area contributed by atoms with Gasteiger partial charge in [0.2, 0.25) is 0 Å².